The van der Waals surface area contributed by atoms with Crippen LogP contribution in [0.2, 0.25) is 0 Å². The second-order valence-electron chi connectivity index (χ2n) is 9.45. The first-order valence-electron chi connectivity index (χ1n) is 13.3. The molecule has 0 aliphatic heterocycles. The van der Waals surface area contributed by atoms with Gasteiger partial charge in [-0.05, 0) is 43.0 Å². The van der Waals surface area contributed by atoms with E-state index in [2.05, 4.69) is 49.1 Å². The Kier molecular flexibility index (Phi) is 18.6. The SMILES string of the molecule is CC(C)/C=C/COCCCC(=O)COCCOC(COc1cccc(C(=O)CCCNC(C)C)c1)N=[N+]=[N-]. The third-order valence-corrected chi connectivity index (χ3v) is 5.14. The summed E-state index contributed by atoms with van der Waals surface area (Å²) in [5.74, 6) is 1.02. The van der Waals surface area contributed by atoms with Gasteiger partial charge in [0, 0.05) is 36.0 Å². The van der Waals surface area contributed by atoms with Gasteiger partial charge < -0.3 is 24.3 Å². The van der Waals surface area contributed by atoms with Crippen molar-refractivity contribution in [3.63, 3.8) is 0 Å². The topological polar surface area (TPSA) is 132 Å². The largest absolute Gasteiger partial charge is 0.491 e. The van der Waals surface area contributed by atoms with Crippen LogP contribution in [0.25, 0.3) is 10.4 Å². The van der Waals surface area contributed by atoms with Crippen molar-refractivity contribution >= 4 is 11.6 Å². The Morgan fingerprint density at radius 2 is 1.89 bits per heavy atom. The Hall–Kier alpha value is -2.75. The molecule has 1 atom stereocenters. The van der Waals surface area contributed by atoms with Crippen LogP contribution in [0, 0.1) is 5.92 Å². The molecule has 0 spiro atoms. The van der Waals surface area contributed by atoms with Crippen LogP contribution in [0.15, 0.2) is 41.5 Å². The zero-order chi connectivity index (χ0) is 28.0. The first-order valence-corrected chi connectivity index (χ1v) is 13.3. The van der Waals surface area contributed by atoms with Gasteiger partial charge in [0.2, 0.25) is 0 Å². The molecule has 1 rings (SSSR count). The molecule has 10 nitrogen and oxygen atoms in total. The lowest BCUT2D eigenvalue weighted by molar-refractivity contribution is -0.124. The number of hydrogen-bond donors (Lipinski definition) is 1. The number of carbonyl (C=O) groups excluding carboxylic acids is 2. The van der Waals surface area contributed by atoms with Crippen LogP contribution in [0.3, 0.4) is 0 Å². The van der Waals surface area contributed by atoms with Gasteiger partial charge in [-0.15, -0.1) is 0 Å². The highest BCUT2D eigenvalue weighted by Crippen LogP contribution is 2.16. The fourth-order valence-electron chi connectivity index (χ4n) is 3.23. The molecular formula is C28H44N4O6. The molecular weight excluding hydrogens is 488 g/mol. The minimum Gasteiger partial charge on any atom is -0.491 e. The maximum Gasteiger partial charge on any atom is 0.170 e. The van der Waals surface area contributed by atoms with Crippen molar-refractivity contribution in [1.82, 2.24) is 5.32 Å². The van der Waals surface area contributed by atoms with E-state index in [1.54, 1.807) is 24.3 Å². The average molecular weight is 533 g/mol. The van der Waals surface area contributed by atoms with Crippen LogP contribution in [-0.4, -0.2) is 70.0 Å². The minimum absolute atomic E-state index is 0.00630. The summed E-state index contributed by atoms with van der Waals surface area (Å²) in [6.07, 6.45) is 5.43. The third kappa shape index (κ3) is 17.7. The zero-order valence-corrected chi connectivity index (χ0v) is 23.3. The van der Waals surface area contributed by atoms with Gasteiger partial charge in [-0.25, -0.2) is 0 Å². The van der Waals surface area contributed by atoms with Gasteiger partial charge in [-0.3, -0.25) is 9.59 Å². The van der Waals surface area contributed by atoms with Crippen molar-refractivity contribution in [3.8, 4) is 5.75 Å². The van der Waals surface area contributed by atoms with Crippen LogP contribution in [0.5, 0.6) is 5.75 Å². The lowest BCUT2D eigenvalue weighted by Crippen LogP contribution is -2.24. The second kappa shape index (κ2) is 21.2. The van der Waals surface area contributed by atoms with Crippen LogP contribution in [-0.2, 0) is 19.0 Å². The summed E-state index contributed by atoms with van der Waals surface area (Å²) in [5, 5.41) is 6.89. The zero-order valence-electron chi connectivity index (χ0n) is 23.3. The number of rotatable bonds is 23. The molecule has 0 bridgehead atoms. The van der Waals surface area contributed by atoms with E-state index in [-0.39, 0.29) is 38.0 Å². The standard InChI is InChI=1S/C28H44N4O6/c1-22(2)9-7-15-35-16-8-11-25(33)20-36-17-18-37-28(31-32-29)21-38-26-12-5-10-24(19-26)27(34)13-6-14-30-23(3)4/h5,7,9-10,12,19,22-23,28,30H,6,8,11,13-18,20-21H2,1-4H3/b9-7+. The normalized spacial score (nSPS) is 12.2. The van der Waals surface area contributed by atoms with Gasteiger partial charge in [-0.1, -0.05) is 57.1 Å². The molecule has 0 aliphatic rings. The monoisotopic (exact) mass is 532 g/mol. The van der Waals surface area contributed by atoms with Crippen molar-refractivity contribution in [2.24, 2.45) is 11.0 Å². The summed E-state index contributed by atoms with van der Waals surface area (Å²) in [6, 6.07) is 7.29. The van der Waals surface area contributed by atoms with Crippen molar-refractivity contribution in [1.29, 1.82) is 0 Å². The number of carbonyl (C=O) groups is 2. The molecule has 0 amide bonds. The molecule has 0 aromatic heterocycles. The predicted molar refractivity (Wildman–Crippen MR) is 147 cm³/mol. The fraction of sp³-hybridized carbons (Fsp3) is 0.643. The maximum absolute atomic E-state index is 12.4. The number of ether oxygens (including phenoxy) is 4. The summed E-state index contributed by atoms with van der Waals surface area (Å²) in [7, 11) is 0. The highest BCUT2D eigenvalue weighted by Gasteiger charge is 2.11. The van der Waals surface area contributed by atoms with E-state index in [4.69, 9.17) is 24.5 Å². The van der Waals surface area contributed by atoms with Gasteiger partial charge in [0.1, 0.15) is 19.0 Å². The molecule has 0 fully saturated rings. The van der Waals surface area contributed by atoms with Crippen LogP contribution in [0.4, 0.5) is 0 Å². The minimum atomic E-state index is -0.873. The number of azide groups is 1. The van der Waals surface area contributed by atoms with Gasteiger partial charge in [0.15, 0.2) is 17.8 Å². The average Bonchev–Trinajstić information content (AvgIpc) is 2.88. The van der Waals surface area contributed by atoms with Gasteiger partial charge >= 0.3 is 0 Å². The summed E-state index contributed by atoms with van der Waals surface area (Å²) >= 11 is 0. The predicted octanol–water partition coefficient (Wildman–Crippen LogP) is 5.27. The lowest BCUT2D eigenvalue weighted by atomic mass is 10.1. The summed E-state index contributed by atoms with van der Waals surface area (Å²) in [6.45, 7) is 10.5. The highest BCUT2D eigenvalue weighted by atomic mass is 16.6. The fourth-order valence-corrected chi connectivity index (χ4v) is 3.23. The van der Waals surface area contributed by atoms with E-state index >= 15 is 0 Å². The number of benzene rings is 1. The number of nitrogens with one attached hydrogen (secondary N) is 1. The molecule has 1 aromatic carbocycles. The van der Waals surface area contributed by atoms with Crippen molar-refractivity contribution < 1.29 is 28.5 Å². The molecule has 38 heavy (non-hydrogen) atoms. The van der Waals surface area contributed by atoms with Gasteiger partial charge in [0.05, 0.1) is 19.8 Å². The molecule has 1 unspecified atom stereocenters. The van der Waals surface area contributed by atoms with E-state index in [0.717, 1.165) is 13.0 Å². The smallest absolute Gasteiger partial charge is 0.170 e. The van der Waals surface area contributed by atoms with Crippen molar-refractivity contribution in [2.75, 3.05) is 46.2 Å². The Labute approximate surface area is 226 Å². The maximum atomic E-state index is 12.4. The molecule has 0 radical (unpaired) electrons. The molecule has 10 heteroatoms. The molecule has 0 heterocycles. The highest BCUT2D eigenvalue weighted by molar-refractivity contribution is 5.96. The van der Waals surface area contributed by atoms with Crippen LogP contribution < -0.4 is 10.1 Å². The molecule has 212 valence electrons. The third-order valence-electron chi connectivity index (χ3n) is 5.14. The van der Waals surface area contributed by atoms with Gasteiger partial charge in [0.25, 0.3) is 0 Å². The molecule has 0 saturated heterocycles. The number of ketones is 2. The van der Waals surface area contributed by atoms with E-state index in [9.17, 15) is 9.59 Å². The number of allylic oxidation sites excluding steroid dienone is 1. The lowest BCUT2D eigenvalue weighted by Gasteiger charge is -2.14. The molecule has 0 aliphatic carbocycles. The first kappa shape index (κ1) is 33.3. The first-order chi connectivity index (χ1) is 18.3. The Balaban J connectivity index is 2.26. The molecule has 0 saturated carbocycles. The van der Waals surface area contributed by atoms with Crippen molar-refractivity contribution in [2.45, 2.75) is 65.6 Å². The molecule has 1 N–H and O–H groups in total. The number of hydrogen-bond acceptors (Lipinski definition) is 8. The Morgan fingerprint density at radius 1 is 1.08 bits per heavy atom. The van der Waals surface area contributed by atoms with E-state index in [1.807, 2.05) is 6.08 Å². The molecule has 1 aromatic rings. The van der Waals surface area contributed by atoms with Gasteiger partial charge in [-0.2, -0.15) is 0 Å². The Bertz CT molecular complexity index is 884. The second-order valence-corrected chi connectivity index (χ2v) is 9.45. The van der Waals surface area contributed by atoms with Crippen LogP contribution in [0.1, 0.15) is 63.7 Å². The number of Topliss-reactive ketones (excluding diaryl/α,β-unsaturated/α-hetero) is 2. The van der Waals surface area contributed by atoms with E-state index in [0.29, 0.717) is 55.7 Å². The Morgan fingerprint density at radius 3 is 2.63 bits per heavy atom. The quantitative estimate of drug-likeness (QED) is 0.0507. The van der Waals surface area contributed by atoms with Crippen molar-refractivity contribution in [3.05, 3.63) is 52.4 Å². The summed E-state index contributed by atoms with van der Waals surface area (Å²) in [5.41, 5.74) is 9.39. The van der Waals surface area contributed by atoms with E-state index < -0.39 is 6.23 Å². The summed E-state index contributed by atoms with van der Waals surface area (Å²) in [4.78, 5) is 27.1. The number of nitrogens with zero attached hydrogens (tertiary/aromatic N) is 3. The van der Waals surface area contributed by atoms with E-state index in [1.165, 1.54) is 0 Å². The van der Waals surface area contributed by atoms with Crippen LogP contribution >= 0.6 is 0 Å². The summed E-state index contributed by atoms with van der Waals surface area (Å²) < 4.78 is 22.0.